The van der Waals surface area contributed by atoms with Gasteiger partial charge in [0.25, 0.3) is 0 Å². The van der Waals surface area contributed by atoms with E-state index >= 15 is 0 Å². The normalized spacial score (nSPS) is 18.6. The summed E-state index contributed by atoms with van der Waals surface area (Å²) in [5, 5.41) is 4.93. The zero-order chi connectivity index (χ0) is 21.0. The Morgan fingerprint density at radius 2 is 1.19 bits per heavy atom. The second kappa shape index (κ2) is 9.01. The van der Waals surface area contributed by atoms with Gasteiger partial charge in [0.05, 0.1) is 13.2 Å². The van der Waals surface area contributed by atoms with Gasteiger partial charge in [-0.1, -0.05) is 80.4 Å². The number of rotatable bonds is 7. The van der Waals surface area contributed by atoms with Crippen molar-refractivity contribution < 1.29 is 9.47 Å². The van der Waals surface area contributed by atoms with Crippen LogP contribution >= 0.6 is 0 Å². The van der Waals surface area contributed by atoms with Crippen molar-refractivity contribution >= 4 is 21.5 Å². The third kappa shape index (κ3) is 4.54. The molecule has 4 aromatic carbocycles. The largest absolute Gasteiger partial charge is 0.493 e. The molecule has 0 saturated heterocycles. The Balaban J connectivity index is 1.30. The Labute approximate surface area is 184 Å². The van der Waals surface area contributed by atoms with Gasteiger partial charge in [-0.2, -0.15) is 0 Å². The molecule has 0 heterocycles. The van der Waals surface area contributed by atoms with E-state index in [4.69, 9.17) is 9.47 Å². The molecule has 1 saturated carbocycles. The standard InChI is InChI=1S/C29H30O2/c1-21-7-6-12-29(21)26(19-30-27-15-13-22-8-2-4-10-24(22)17-27)20-31-28-16-14-23-9-3-5-11-25(23)18-28/h2-5,8-11,13-18,21,26,29H,6-7,12,19-20H2,1H3. The number of benzene rings is 4. The maximum absolute atomic E-state index is 6.32. The minimum atomic E-state index is 0.385. The Kier molecular flexibility index (Phi) is 5.80. The molecule has 5 rings (SSSR count). The van der Waals surface area contributed by atoms with Crippen LogP contribution in [0.25, 0.3) is 21.5 Å². The fourth-order valence-corrected chi connectivity index (χ4v) is 5.09. The lowest BCUT2D eigenvalue weighted by Gasteiger charge is -2.27. The van der Waals surface area contributed by atoms with Gasteiger partial charge in [-0.05, 0) is 64.1 Å². The summed E-state index contributed by atoms with van der Waals surface area (Å²) in [5.41, 5.74) is 0. The first-order chi connectivity index (χ1) is 15.3. The van der Waals surface area contributed by atoms with Crippen molar-refractivity contribution in [3.05, 3.63) is 84.9 Å². The molecule has 0 radical (unpaired) electrons. The summed E-state index contributed by atoms with van der Waals surface area (Å²) < 4.78 is 12.6. The Morgan fingerprint density at radius 3 is 1.68 bits per heavy atom. The second-order valence-corrected chi connectivity index (χ2v) is 8.97. The molecule has 1 aliphatic rings. The van der Waals surface area contributed by atoms with Crippen molar-refractivity contribution in [2.45, 2.75) is 26.2 Å². The van der Waals surface area contributed by atoms with Crippen LogP contribution in [-0.4, -0.2) is 13.2 Å². The van der Waals surface area contributed by atoms with Gasteiger partial charge in [0, 0.05) is 5.92 Å². The molecule has 2 atom stereocenters. The lowest BCUT2D eigenvalue weighted by atomic mass is 9.85. The molecule has 0 spiro atoms. The minimum Gasteiger partial charge on any atom is -0.493 e. The Morgan fingerprint density at radius 1 is 0.677 bits per heavy atom. The van der Waals surface area contributed by atoms with Gasteiger partial charge < -0.3 is 9.47 Å². The highest BCUT2D eigenvalue weighted by Gasteiger charge is 2.32. The van der Waals surface area contributed by atoms with E-state index in [1.165, 1.54) is 40.8 Å². The van der Waals surface area contributed by atoms with Gasteiger partial charge in [0.1, 0.15) is 11.5 Å². The highest BCUT2D eigenvalue weighted by Crippen LogP contribution is 2.37. The van der Waals surface area contributed by atoms with Gasteiger partial charge in [-0.15, -0.1) is 0 Å². The molecule has 0 aromatic heterocycles. The van der Waals surface area contributed by atoms with E-state index in [0.717, 1.165) is 17.4 Å². The van der Waals surface area contributed by atoms with Gasteiger partial charge in [0.15, 0.2) is 0 Å². The molecule has 158 valence electrons. The van der Waals surface area contributed by atoms with Crippen LogP contribution in [0.15, 0.2) is 84.9 Å². The SMILES string of the molecule is CC1CCCC1C(COc1ccc2ccccc2c1)COc1ccc2ccccc2c1. The fourth-order valence-electron chi connectivity index (χ4n) is 5.09. The smallest absolute Gasteiger partial charge is 0.119 e. The van der Waals surface area contributed by atoms with Crippen LogP contribution in [0, 0.1) is 17.8 Å². The fraction of sp³-hybridized carbons (Fsp3) is 0.310. The van der Waals surface area contributed by atoms with E-state index in [-0.39, 0.29) is 0 Å². The van der Waals surface area contributed by atoms with Crippen LogP contribution in [0.3, 0.4) is 0 Å². The molecular formula is C29H30O2. The molecule has 0 N–H and O–H groups in total. The average molecular weight is 411 g/mol. The first-order valence-electron chi connectivity index (χ1n) is 11.5. The zero-order valence-corrected chi connectivity index (χ0v) is 18.2. The summed E-state index contributed by atoms with van der Waals surface area (Å²) in [5.74, 6) is 3.65. The molecule has 0 aliphatic heterocycles. The first kappa shape index (κ1) is 19.9. The molecule has 2 nitrogen and oxygen atoms in total. The lowest BCUT2D eigenvalue weighted by Crippen LogP contribution is -2.29. The maximum atomic E-state index is 6.32. The van der Waals surface area contributed by atoms with E-state index in [0.29, 0.717) is 25.0 Å². The highest BCUT2D eigenvalue weighted by molar-refractivity contribution is 5.84. The molecule has 2 unspecified atom stereocenters. The van der Waals surface area contributed by atoms with Crippen molar-refractivity contribution in [2.75, 3.05) is 13.2 Å². The van der Waals surface area contributed by atoms with Gasteiger partial charge in [-0.3, -0.25) is 0 Å². The molecule has 31 heavy (non-hydrogen) atoms. The molecule has 0 amide bonds. The summed E-state index contributed by atoms with van der Waals surface area (Å²) >= 11 is 0. The predicted molar refractivity (Wildman–Crippen MR) is 129 cm³/mol. The van der Waals surface area contributed by atoms with Gasteiger partial charge >= 0.3 is 0 Å². The number of ether oxygens (including phenoxy) is 2. The van der Waals surface area contributed by atoms with E-state index in [9.17, 15) is 0 Å². The molecule has 2 heteroatoms. The van der Waals surface area contributed by atoms with Crippen LogP contribution < -0.4 is 9.47 Å². The number of hydrogen-bond donors (Lipinski definition) is 0. The van der Waals surface area contributed by atoms with Crippen LogP contribution in [0.1, 0.15) is 26.2 Å². The maximum Gasteiger partial charge on any atom is 0.119 e. The van der Waals surface area contributed by atoms with Gasteiger partial charge in [0.2, 0.25) is 0 Å². The van der Waals surface area contributed by atoms with Crippen molar-refractivity contribution in [2.24, 2.45) is 17.8 Å². The number of hydrogen-bond acceptors (Lipinski definition) is 2. The van der Waals surface area contributed by atoms with E-state index in [2.05, 4.69) is 91.9 Å². The lowest BCUT2D eigenvalue weighted by molar-refractivity contribution is 0.114. The predicted octanol–water partition coefficient (Wildman–Crippen LogP) is 7.50. The number of fused-ring (bicyclic) bond motifs is 2. The van der Waals surface area contributed by atoms with E-state index in [1.807, 2.05) is 0 Å². The third-order valence-corrected chi connectivity index (χ3v) is 6.90. The summed E-state index contributed by atoms with van der Waals surface area (Å²) in [6.07, 6.45) is 3.90. The van der Waals surface area contributed by atoms with Crippen molar-refractivity contribution in [1.82, 2.24) is 0 Å². The topological polar surface area (TPSA) is 18.5 Å². The third-order valence-electron chi connectivity index (χ3n) is 6.90. The summed E-state index contributed by atoms with van der Waals surface area (Å²) in [7, 11) is 0. The van der Waals surface area contributed by atoms with E-state index < -0.39 is 0 Å². The highest BCUT2D eigenvalue weighted by atomic mass is 16.5. The van der Waals surface area contributed by atoms with Crippen LogP contribution in [-0.2, 0) is 0 Å². The summed E-state index contributed by atoms with van der Waals surface area (Å²) in [6.45, 7) is 3.78. The Bertz CT molecular complexity index is 1080. The van der Waals surface area contributed by atoms with E-state index in [1.54, 1.807) is 0 Å². The summed E-state index contributed by atoms with van der Waals surface area (Å²) in [4.78, 5) is 0. The molecule has 1 aliphatic carbocycles. The zero-order valence-electron chi connectivity index (χ0n) is 18.2. The average Bonchev–Trinajstić information content (AvgIpc) is 3.24. The monoisotopic (exact) mass is 410 g/mol. The van der Waals surface area contributed by atoms with Crippen molar-refractivity contribution in [3.8, 4) is 11.5 Å². The molecule has 1 fully saturated rings. The minimum absolute atomic E-state index is 0.385. The molecule has 4 aromatic rings. The van der Waals surface area contributed by atoms with Crippen molar-refractivity contribution in [3.63, 3.8) is 0 Å². The van der Waals surface area contributed by atoms with Crippen LogP contribution in [0.4, 0.5) is 0 Å². The first-order valence-corrected chi connectivity index (χ1v) is 11.5. The van der Waals surface area contributed by atoms with Crippen molar-refractivity contribution in [1.29, 1.82) is 0 Å². The molecule has 0 bridgehead atoms. The second-order valence-electron chi connectivity index (χ2n) is 8.97. The quantitative estimate of drug-likeness (QED) is 0.314. The van der Waals surface area contributed by atoms with Gasteiger partial charge in [-0.25, -0.2) is 0 Å². The van der Waals surface area contributed by atoms with Crippen LogP contribution in [0.5, 0.6) is 11.5 Å². The summed E-state index contributed by atoms with van der Waals surface area (Å²) in [6, 6.07) is 29.6. The molecular weight excluding hydrogens is 380 g/mol. The Hall–Kier alpha value is -3.00. The van der Waals surface area contributed by atoms with Crippen LogP contribution in [0.2, 0.25) is 0 Å².